The number of rotatable bonds is 4. The number of carboxylic acids is 1. The Morgan fingerprint density at radius 3 is 2.52 bits per heavy atom. The van der Waals surface area contributed by atoms with E-state index < -0.39 is 23.1 Å². The molecule has 0 saturated carbocycles. The maximum absolute atomic E-state index is 12.1. The van der Waals surface area contributed by atoms with Crippen LogP contribution in [0.15, 0.2) is 63.1 Å². The van der Waals surface area contributed by atoms with Gasteiger partial charge in [-0.25, -0.2) is 14.2 Å². The van der Waals surface area contributed by atoms with Crippen LogP contribution < -0.4 is 11.2 Å². The molecule has 136 valence electrons. The van der Waals surface area contributed by atoms with E-state index in [9.17, 15) is 19.5 Å². The molecule has 1 heterocycles. The summed E-state index contributed by atoms with van der Waals surface area (Å²) in [5.74, 6) is -1.73. The van der Waals surface area contributed by atoms with Crippen molar-refractivity contribution in [2.24, 2.45) is 4.99 Å². The van der Waals surface area contributed by atoms with E-state index in [2.05, 4.69) is 9.98 Å². The van der Waals surface area contributed by atoms with Gasteiger partial charge in [0.25, 0.3) is 5.56 Å². The van der Waals surface area contributed by atoms with Gasteiger partial charge in [-0.05, 0) is 42.5 Å². The molecule has 3 aromatic rings. The molecule has 0 aliphatic carbocycles. The van der Waals surface area contributed by atoms with E-state index >= 15 is 0 Å². The Hall–Kier alpha value is -3.65. The van der Waals surface area contributed by atoms with Gasteiger partial charge in [0.05, 0.1) is 16.9 Å². The number of carbonyl (C=O) groups is 1. The molecule has 0 aliphatic heterocycles. The van der Waals surface area contributed by atoms with Gasteiger partial charge in [0, 0.05) is 11.2 Å². The zero-order valence-corrected chi connectivity index (χ0v) is 14.3. The van der Waals surface area contributed by atoms with Crippen molar-refractivity contribution in [1.82, 2.24) is 9.55 Å². The molecular weight excluding hydrogens is 374 g/mol. The third-order valence-corrected chi connectivity index (χ3v) is 3.89. The Balaban J connectivity index is 2.09. The Labute approximate surface area is 156 Å². The molecule has 0 fully saturated rings. The molecule has 3 rings (SSSR count). The lowest BCUT2D eigenvalue weighted by Crippen LogP contribution is -2.31. The molecule has 0 unspecified atom stereocenters. The first-order valence-electron chi connectivity index (χ1n) is 7.58. The molecular formula is C18H12ClN3O5. The predicted molar refractivity (Wildman–Crippen MR) is 100.0 cm³/mol. The van der Waals surface area contributed by atoms with Gasteiger partial charge in [0.2, 0.25) is 5.88 Å². The smallest absolute Gasteiger partial charge is 0.335 e. The summed E-state index contributed by atoms with van der Waals surface area (Å²) in [7, 11) is 0. The number of carboxylic acid groups (broad SMARTS) is 1. The molecule has 3 N–H and O–H groups in total. The highest BCUT2D eigenvalue weighted by Gasteiger charge is 2.14. The van der Waals surface area contributed by atoms with E-state index in [1.54, 1.807) is 0 Å². The number of hydrogen-bond donors (Lipinski definition) is 3. The number of aliphatic imine (C=N–C) groups is 1. The zero-order valence-electron chi connectivity index (χ0n) is 13.6. The minimum Gasteiger partial charge on any atom is -0.493 e. The number of H-pyrrole nitrogens is 1. The lowest BCUT2D eigenvalue weighted by Gasteiger charge is -2.09. The van der Waals surface area contributed by atoms with Crippen molar-refractivity contribution in [3.05, 3.63) is 85.5 Å². The minimum absolute atomic E-state index is 0.0221. The predicted octanol–water partition coefficient (Wildman–Crippen LogP) is 2.33. The molecule has 9 heteroatoms. The minimum atomic E-state index is -1.12. The maximum atomic E-state index is 12.1. The van der Waals surface area contributed by atoms with Crippen LogP contribution in [0.4, 0.5) is 5.69 Å². The average molecular weight is 386 g/mol. The molecule has 0 radical (unpaired) electrons. The quantitative estimate of drug-likeness (QED) is 0.594. The van der Waals surface area contributed by atoms with E-state index in [-0.39, 0.29) is 16.8 Å². The Morgan fingerprint density at radius 1 is 1.15 bits per heavy atom. The van der Waals surface area contributed by atoms with Gasteiger partial charge in [-0.3, -0.25) is 14.8 Å². The van der Waals surface area contributed by atoms with Crippen molar-refractivity contribution < 1.29 is 15.0 Å². The van der Waals surface area contributed by atoms with Crippen molar-refractivity contribution >= 4 is 29.5 Å². The van der Waals surface area contributed by atoms with Crippen LogP contribution in [0, 0.1) is 0 Å². The van der Waals surface area contributed by atoms with E-state index in [0.717, 1.165) is 10.8 Å². The monoisotopic (exact) mass is 385 g/mol. The largest absolute Gasteiger partial charge is 0.493 e. The first-order valence-corrected chi connectivity index (χ1v) is 7.96. The lowest BCUT2D eigenvalue weighted by molar-refractivity contribution is 0.0697. The number of nitrogens with zero attached hydrogens (tertiary/aromatic N) is 2. The Kier molecular flexibility index (Phi) is 4.91. The molecule has 27 heavy (non-hydrogen) atoms. The molecule has 2 aromatic carbocycles. The normalized spacial score (nSPS) is 11.0. The van der Waals surface area contributed by atoms with Gasteiger partial charge in [0.15, 0.2) is 0 Å². The Bertz CT molecular complexity index is 1160. The van der Waals surface area contributed by atoms with Crippen LogP contribution in [-0.2, 0) is 0 Å². The van der Waals surface area contributed by atoms with Gasteiger partial charge in [-0.2, -0.15) is 0 Å². The maximum Gasteiger partial charge on any atom is 0.335 e. The number of aromatic amines is 1. The van der Waals surface area contributed by atoms with E-state index in [1.165, 1.54) is 48.5 Å². The van der Waals surface area contributed by atoms with Crippen molar-refractivity contribution in [2.75, 3.05) is 0 Å². The molecule has 0 bridgehead atoms. The van der Waals surface area contributed by atoms with E-state index in [4.69, 9.17) is 16.7 Å². The van der Waals surface area contributed by atoms with Crippen LogP contribution in [0.5, 0.6) is 5.88 Å². The summed E-state index contributed by atoms with van der Waals surface area (Å²) in [4.78, 5) is 41.3. The van der Waals surface area contributed by atoms with Crippen LogP contribution in [0.1, 0.15) is 15.9 Å². The first-order chi connectivity index (χ1) is 12.9. The van der Waals surface area contributed by atoms with Crippen LogP contribution in [0.25, 0.3) is 5.69 Å². The van der Waals surface area contributed by atoms with Gasteiger partial charge in [-0.15, -0.1) is 0 Å². The number of hydrogen-bond acceptors (Lipinski definition) is 5. The summed E-state index contributed by atoms with van der Waals surface area (Å²) in [5, 5.41) is 19.9. The molecule has 8 nitrogen and oxygen atoms in total. The van der Waals surface area contributed by atoms with Crippen molar-refractivity contribution in [3.63, 3.8) is 0 Å². The van der Waals surface area contributed by atoms with Gasteiger partial charge < -0.3 is 10.2 Å². The fourth-order valence-corrected chi connectivity index (χ4v) is 2.47. The molecule has 0 amide bonds. The second-order valence-corrected chi connectivity index (χ2v) is 5.86. The number of aromatic carboxylic acids is 1. The van der Waals surface area contributed by atoms with Crippen molar-refractivity contribution in [1.29, 1.82) is 0 Å². The fourth-order valence-electron chi connectivity index (χ4n) is 2.34. The summed E-state index contributed by atoms with van der Waals surface area (Å²) < 4.78 is 0.896. The second-order valence-electron chi connectivity index (χ2n) is 5.42. The van der Waals surface area contributed by atoms with Gasteiger partial charge in [0.1, 0.15) is 5.56 Å². The molecule has 1 aromatic heterocycles. The molecule has 0 atom stereocenters. The van der Waals surface area contributed by atoms with Crippen LogP contribution in [-0.4, -0.2) is 31.9 Å². The fraction of sp³-hybridized carbons (Fsp3) is 0. The molecule has 0 saturated heterocycles. The lowest BCUT2D eigenvalue weighted by atomic mass is 10.2. The summed E-state index contributed by atoms with van der Waals surface area (Å²) in [6.07, 6.45) is 1.06. The van der Waals surface area contributed by atoms with Crippen molar-refractivity contribution in [2.45, 2.75) is 0 Å². The van der Waals surface area contributed by atoms with Crippen LogP contribution >= 0.6 is 11.6 Å². The summed E-state index contributed by atoms with van der Waals surface area (Å²) >= 11 is 5.82. The van der Waals surface area contributed by atoms with Gasteiger partial charge >= 0.3 is 11.7 Å². The van der Waals surface area contributed by atoms with Gasteiger partial charge in [-0.1, -0.05) is 17.7 Å². The number of halogens is 1. The standard InChI is InChI=1S/C18H12ClN3O5/c19-11-4-6-13(7-5-11)22-16(24)14(15(23)21-18(22)27)9-20-12-3-1-2-10(8-12)17(25)26/h1-9,24H,(H,25,26)(H,21,23,27). The number of aromatic hydroxyl groups is 1. The zero-order chi connectivity index (χ0) is 19.6. The summed E-state index contributed by atoms with van der Waals surface area (Å²) in [5.41, 5.74) is -1.34. The third-order valence-electron chi connectivity index (χ3n) is 3.64. The van der Waals surface area contributed by atoms with Crippen LogP contribution in [0.3, 0.4) is 0 Å². The van der Waals surface area contributed by atoms with E-state index in [1.807, 2.05) is 0 Å². The summed E-state index contributed by atoms with van der Waals surface area (Å²) in [6.45, 7) is 0. The van der Waals surface area contributed by atoms with Crippen molar-refractivity contribution in [3.8, 4) is 11.6 Å². The third kappa shape index (κ3) is 3.80. The molecule has 0 aliphatic rings. The Morgan fingerprint density at radius 2 is 1.85 bits per heavy atom. The highest BCUT2D eigenvalue weighted by molar-refractivity contribution is 6.30. The second kappa shape index (κ2) is 7.30. The first kappa shape index (κ1) is 18.2. The number of benzene rings is 2. The highest BCUT2D eigenvalue weighted by atomic mass is 35.5. The number of aromatic nitrogens is 2. The SMILES string of the molecule is O=C(O)c1cccc(N=Cc2c(O)n(-c3ccc(Cl)cc3)c(=O)[nH]c2=O)c1. The summed E-state index contributed by atoms with van der Waals surface area (Å²) in [6, 6.07) is 11.8. The topological polar surface area (TPSA) is 125 Å². The average Bonchev–Trinajstić information content (AvgIpc) is 2.63. The van der Waals surface area contributed by atoms with Crippen LogP contribution in [0.2, 0.25) is 5.02 Å². The number of nitrogens with one attached hydrogen (secondary N) is 1. The molecule has 0 spiro atoms. The highest BCUT2D eigenvalue weighted by Crippen LogP contribution is 2.19. The van der Waals surface area contributed by atoms with E-state index in [0.29, 0.717) is 10.7 Å².